The van der Waals surface area contributed by atoms with Gasteiger partial charge < -0.3 is 15.2 Å². The summed E-state index contributed by atoms with van der Waals surface area (Å²) in [4.78, 5) is 11.6. The van der Waals surface area contributed by atoms with Crippen LogP contribution in [0.5, 0.6) is 0 Å². The maximum absolute atomic E-state index is 6.28. The number of likely N-dealkylation sites (tertiary alicyclic amines) is 1. The van der Waals surface area contributed by atoms with E-state index in [1.807, 2.05) is 37.4 Å². The Balaban J connectivity index is 1.40. The van der Waals surface area contributed by atoms with Gasteiger partial charge in [-0.3, -0.25) is 9.89 Å². The molecule has 2 aromatic carbocycles. The van der Waals surface area contributed by atoms with Gasteiger partial charge in [0.15, 0.2) is 5.96 Å². The summed E-state index contributed by atoms with van der Waals surface area (Å²) in [6, 6.07) is 16.8. The number of piperidine rings is 1. The summed E-state index contributed by atoms with van der Waals surface area (Å²) >= 11 is 6.28. The number of aryl methyl sites for hydroxylation is 1. The molecule has 7 heteroatoms. The fourth-order valence-corrected chi connectivity index (χ4v) is 4.85. The first kappa shape index (κ1) is 21.7. The summed E-state index contributed by atoms with van der Waals surface area (Å²) in [5.41, 5.74) is 3.43. The second-order valence-electron chi connectivity index (χ2n) is 8.27. The summed E-state index contributed by atoms with van der Waals surface area (Å²) < 4.78 is 2.13. The van der Waals surface area contributed by atoms with Crippen LogP contribution in [0.2, 0.25) is 5.02 Å². The van der Waals surface area contributed by atoms with Crippen molar-refractivity contribution in [3.63, 3.8) is 0 Å². The van der Waals surface area contributed by atoms with Gasteiger partial charge in [-0.05, 0) is 62.2 Å². The quantitative estimate of drug-likeness (QED) is 0.467. The van der Waals surface area contributed by atoms with Gasteiger partial charge in [-0.15, -0.1) is 0 Å². The Kier molecular flexibility index (Phi) is 6.78. The van der Waals surface area contributed by atoms with Crippen molar-refractivity contribution in [2.45, 2.75) is 25.4 Å². The van der Waals surface area contributed by atoms with Crippen molar-refractivity contribution in [2.24, 2.45) is 18.0 Å². The Morgan fingerprint density at radius 3 is 2.77 bits per heavy atom. The molecule has 31 heavy (non-hydrogen) atoms. The minimum Gasteiger partial charge on any atom is -0.356 e. The molecule has 2 unspecified atom stereocenters. The highest BCUT2D eigenvalue weighted by atomic mass is 35.5. The number of hydrogen-bond acceptors (Lipinski definition) is 3. The van der Waals surface area contributed by atoms with E-state index in [-0.39, 0.29) is 0 Å². The third-order valence-corrected chi connectivity index (χ3v) is 6.48. The van der Waals surface area contributed by atoms with Gasteiger partial charge in [-0.25, -0.2) is 4.98 Å². The lowest BCUT2D eigenvalue weighted by Crippen LogP contribution is -2.45. The van der Waals surface area contributed by atoms with Crippen LogP contribution in [-0.2, 0) is 13.6 Å². The van der Waals surface area contributed by atoms with Crippen molar-refractivity contribution in [2.75, 3.05) is 27.2 Å². The molecule has 1 aliphatic heterocycles. The molecule has 0 saturated carbocycles. The maximum Gasteiger partial charge on any atom is 0.191 e. The molecule has 2 heterocycles. The second kappa shape index (κ2) is 9.71. The average molecular weight is 439 g/mol. The maximum atomic E-state index is 6.28. The molecule has 0 amide bonds. The van der Waals surface area contributed by atoms with E-state index in [0.717, 1.165) is 40.9 Å². The molecule has 6 nitrogen and oxygen atoms in total. The van der Waals surface area contributed by atoms with E-state index in [1.165, 1.54) is 18.4 Å². The zero-order valence-corrected chi connectivity index (χ0v) is 19.2. The number of rotatable bonds is 5. The van der Waals surface area contributed by atoms with Crippen molar-refractivity contribution in [3.8, 4) is 0 Å². The van der Waals surface area contributed by atoms with Crippen LogP contribution in [0.15, 0.2) is 53.5 Å². The van der Waals surface area contributed by atoms with Gasteiger partial charge in [0.1, 0.15) is 5.82 Å². The Bertz CT molecular complexity index is 1060. The molecule has 1 fully saturated rings. The van der Waals surface area contributed by atoms with E-state index in [0.29, 0.717) is 18.5 Å². The van der Waals surface area contributed by atoms with E-state index < -0.39 is 0 Å². The van der Waals surface area contributed by atoms with Crippen LogP contribution in [0, 0.1) is 5.92 Å². The minimum atomic E-state index is 0.345. The van der Waals surface area contributed by atoms with Gasteiger partial charge >= 0.3 is 0 Å². The molecule has 0 spiro atoms. The second-order valence-corrected chi connectivity index (χ2v) is 8.70. The number of hydrogen-bond donors (Lipinski definition) is 2. The predicted octanol–water partition coefficient (Wildman–Crippen LogP) is 3.97. The first-order chi connectivity index (χ1) is 15.1. The van der Waals surface area contributed by atoms with Crippen LogP contribution in [0.4, 0.5) is 0 Å². The van der Waals surface area contributed by atoms with Crippen LogP contribution in [-0.4, -0.2) is 47.6 Å². The van der Waals surface area contributed by atoms with E-state index in [1.54, 1.807) is 0 Å². The largest absolute Gasteiger partial charge is 0.356 e. The standard InChI is InChI=1S/C24H31ClN6/c1-26-24(28-16-22-29-20-11-4-5-12-21(20)31(22)3)27-15-18-9-7-13-30(2)23(18)17-8-6-10-19(25)14-17/h4-6,8,10-12,14,18,23H,7,9,13,15-16H2,1-3H3,(H2,26,27,28). The average Bonchev–Trinajstić information content (AvgIpc) is 3.09. The van der Waals surface area contributed by atoms with Gasteiger partial charge in [0, 0.05) is 31.7 Å². The summed E-state index contributed by atoms with van der Waals surface area (Å²) in [7, 11) is 6.07. The Hall–Kier alpha value is -2.57. The number of nitrogens with zero attached hydrogens (tertiary/aromatic N) is 4. The predicted molar refractivity (Wildman–Crippen MR) is 128 cm³/mol. The van der Waals surface area contributed by atoms with Crippen LogP contribution >= 0.6 is 11.6 Å². The van der Waals surface area contributed by atoms with Crippen molar-refractivity contribution in [1.82, 2.24) is 25.1 Å². The topological polar surface area (TPSA) is 57.5 Å². The number of aliphatic imine (C=N–C) groups is 1. The number of halogens is 1. The lowest BCUT2D eigenvalue weighted by atomic mass is 9.85. The molecular formula is C24H31ClN6. The highest BCUT2D eigenvalue weighted by Gasteiger charge is 2.30. The Labute approximate surface area is 189 Å². The van der Waals surface area contributed by atoms with Crippen LogP contribution in [0.25, 0.3) is 11.0 Å². The van der Waals surface area contributed by atoms with Crippen molar-refractivity contribution in [1.29, 1.82) is 0 Å². The molecule has 1 aliphatic rings. The van der Waals surface area contributed by atoms with Crippen LogP contribution in [0.3, 0.4) is 0 Å². The number of benzene rings is 2. The molecule has 0 bridgehead atoms. The Morgan fingerprint density at radius 2 is 2.00 bits per heavy atom. The fraction of sp³-hybridized carbons (Fsp3) is 0.417. The third kappa shape index (κ3) is 4.86. The van der Waals surface area contributed by atoms with Crippen LogP contribution < -0.4 is 10.6 Å². The van der Waals surface area contributed by atoms with Crippen molar-refractivity contribution < 1.29 is 0 Å². The summed E-state index contributed by atoms with van der Waals surface area (Å²) in [6.07, 6.45) is 2.38. The highest BCUT2D eigenvalue weighted by molar-refractivity contribution is 6.30. The molecule has 1 aromatic heterocycles. The van der Waals surface area contributed by atoms with Gasteiger partial charge in [-0.2, -0.15) is 0 Å². The van der Waals surface area contributed by atoms with Crippen LogP contribution in [0.1, 0.15) is 30.3 Å². The fourth-order valence-electron chi connectivity index (χ4n) is 4.66. The third-order valence-electron chi connectivity index (χ3n) is 6.25. The molecular weight excluding hydrogens is 408 g/mol. The number of para-hydroxylation sites is 2. The lowest BCUT2D eigenvalue weighted by molar-refractivity contribution is 0.122. The first-order valence-electron chi connectivity index (χ1n) is 10.9. The normalized spacial score (nSPS) is 20.2. The number of nitrogens with one attached hydrogen (secondary N) is 2. The SMILES string of the molecule is CN=C(NCc1nc2ccccc2n1C)NCC1CCCN(C)C1c1cccc(Cl)c1. The summed E-state index contributed by atoms with van der Waals surface area (Å²) in [5, 5.41) is 7.76. The highest BCUT2D eigenvalue weighted by Crippen LogP contribution is 2.35. The van der Waals surface area contributed by atoms with Gasteiger partial charge in [0.05, 0.1) is 17.6 Å². The number of fused-ring (bicyclic) bond motifs is 1. The van der Waals surface area contributed by atoms with Gasteiger partial charge in [0.2, 0.25) is 0 Å². The van der Waals surface area contributed by atoms with Gasteiger partial charge in [-0.1, -0.05) is 35.9 Å². The van der Waals surface area contributed by atoms with E-state index in [2.05, 4.69) is 57.4 Å². The molecule has 0 radical (unpaired) electrons. The van der Waals surface area contributed by atoms with E-state index in [4.69, 9.17) is 16.6 Å². The molecule has 3 aromatic rings. The van der Waals surface area contributed by atoms with Crippen molar-refractivity contribution in [3.05, 3.63) is 64.9 Å². The number of imidazole rings is 1. The molecule has 0 aliphatic carbocycles. The molecule has 1 saturated heterocycles. The molecule has 164 valence electrons. The van der Waals surface area contributed by atoms with Crippen molar-refractivity contribution >= 4 is 28.6 Å². The molecule has 4 rings (SSSR count). The summed E-state index contributed by atoms with van der Waals surface area (Å²) in [5.74, 6) is 2.26. The van der Waals surface area contributed by atoms with Gasteiger partial charge in [0.25, 0.3) is 0 Å². The zero-order valence-electron chi connectivity index (χ0n) is 18.5. The minimum absolute atomic E-state index is 0.345. The summed E-state index contributed by atoms with van der Waals surface area (Å²) in [6.45, 7) is 2.57. The number of aromatic nitrogens is 2. The zero-order chi connectivity index (χ0) is 21.8. The Morgan fingerprint density at radius 1 is 1.16 bits per heavy atom. The molecule has 2 N–H and O–H groups in total. The van der Waals surface area contributed by atoms with E-state index in [9.17, 15) is 0 Å². The monoisotopic (exact) mass is 438 g/mol. The smallest absolute Gasteiger partial charge is 0.191 e. The van der Waals surface area contributed by atoms with E-state index >= 15 is 0 Å². The number of guanidine groups is 1. The molecule has 2 atom stereocenters. The lowest BCUT2D eigenvalue weighted by Gasteiger charge is -2.40. The first-order valence-corrected chi connectivity index (χ1v) is 11.2.